The van der Waals surface area contributed by atoms with Crippen LogP contribution >= 0.6 is 11.6 Å². The number of carbonyl (C=O) groups excluding carboxylic acids is 2. The van der Waals surface area contributed by atoms with Gasteiger partial charge in [0.05, 0.1) is 42.5 Å². The number of para-hydroxylation sites is 1. The summed E-state index contributed by atoms with van der Waals surface area (Å²) in [6.45, 7) is 3.90. The summed E-state index contributed by atoms with van der Waals surface area (Å²) in [6.07, 6.45) is 5.70. The minimum Gasteiger partial charge on any atom is -0.494 e. The lowest BCUT2D eigenvalue weighted by molar-refractivity contribution is -0.134. The number of nitrogens with one attached hydrogen (secondary N) is 5. The van der Waals surface area contributed by atoms with Gasteiger partial charge in [0.15, 0.2) is 17.5 Å². The van der Waals surface area contributed by atoms with Crippen LogP contribution in [0.4, 0.5) is 43.3 Å². The Hall–Kier alpha value is -5.10. The van der Waals surface area contributed by atoms with Gasteiger partial charge < -0.3 is 30.9 Å². The van der Waals surface area contributed by atoms with Gasteiger partial charge in [-0.3, -0.25) is 19.2 Å². The van der Waals surface area contributed by atoms with Crippen LogP contribution in [-0.2, 0) is 32.5 Å². The van der Waals surface area contributed by atoms with E-state index in [-0.39, 0.29) is 34.9 Å². The number of hydrogen-bond donors (Lipinski definition) is 5. The minimum absolute atomic E-state index is 0.0183. The number of sulfonamides is 1. The Labute approximate surface area is 341 Å². The van der Waals surface area contributed by atoms with Gasteiger partial charge in [-0.15, -0.1) is 0 Å². The molecule has 4 heterocycles. The Balaban J connectivity index is 0.870. The fourth-order valence-corrected chi connectivity index (χ4v) is 8.82. The third kappa shape index (κ3) is 9.27. The minimum atomic E-state index is -3.47. The number of halogens is 3. The summed E-state index contributed by atoms with van der Waals surface area (Å²) in [5, 5.41) is 15.8. The van der Waals surface area contributed by atoms with E-state index >= 15 is 0 Å². The normalized spacial score (nSPS) is 17.3. The molecule has 308 valence electrons. The molecule has 14 nitrogen and oxygen atoms in total. The lowest BCUT2D eigenvalue weighted by Crippen LogP contribution is -2.44. The van der Waals surface area contributed by atoms with Crippen LogP contribution in [0.3, 0.4) is 0 Å². The van der Waals surface area contributed by atoms with Gasteiger partial charge in [-0.05, 0) is 68.0 Å². The summed E-state index contributed by atoms with van der Waals surface area (Å²) >= 11 is 6.49. The highest BCUT2D eigenvalue weighted by molar-refractivity contribution is 7.92. The molecule has 2 amide bonds. The molecule has 3 aliphatic heterocycles. The molecule has 0 aliphatic carbocycles. The first-order valence-corrected chi connectivity index (χ1v) is 21.5. The number of methoxy groups -OCH3 is 1. The Morgan fingerprint density at radius 3 is 2.52 bits per heavy atom. The average molecular weight is 838 g/mol. The first kappa shape index (κ1) is 41.1. The van der Waals surface area contributed by atoms with Crippen molar-refractivity contribution in [3.8, 4) is 5.75 Å². The third-order valence-corrected chi connectivity index (χ3v) is 12.2. The van der Waals surface area contributed by atoms with Gasteiger partial charge in [-0.25, -0.2) is 22.2 Å². The van der Waals surface area contributed by atoms with E-state index < -0.39 is 39.4 Å². The van der Waals surface area contributed by atoms with Gasteiger partial charge in [-0.2, -0.15) is 4.98 Å². The number of fused-ring (bicyclic) bond motifs is 1. The van der Waals surface area contributed by atoms with Crippen LogP contribution in [0.15, 0.2) is 54.7 Å². The van der Waals surface area contributed by atoms with Crippen molar-refractivity contribution < 1.29 is 31.5 Å². The fraction of sp³-hybridized carbons (Fsp3) is 0.400. The number of amides is 2. The second kappa shape index (κ2) is 17.8. The molecule has 7 rings (SSSR count). The summed E-state index contributed by atoms with van der Waals surface area (Å²) in [5.74, 6) is -2.65. The topological polar surface area (TPSA) is 170 Å². The van der Waals surface area contributed by atoms with Crippen molar-refractivity contribution in [3.05, 3.63) is 88.1 Å². The summed E-state index contributed by atoms with van der Waals surface area (Å²) in [5.41, 5.74) is 3.97. The molecule has 0 bridgehead atoms. The number of rotatable bonds is 15. The highest BCUT2D eigenvalue weighted by Crippen LogP contribution is 2.40. The molecule has 4 aromatic rings. The molecule has 5 N–H and O–H groups in total. The highest BCUT2D eigenvalue weighted by atomic mass is 35.5. The number of ether oxygens (including phenoxy) is 1. The Morgan fingerprint density at radius 1 is 0.948 bits per heavy atom. The predicted octanol–water partition coefficient (Wildman–Crippen LogP) is 5.14. The van der Waals surface area contributed by atoms with Gasteiger partial charge in [-0.1, -0.05) is 35.9 Å². The molecule has 18 heteroatoms. The second-order valence-electron chi connectivity index (χ2n) is 14.6. The van der Waals surface area contributed by atoms with Crippen LogP contribution in [0.2, 0.25) is 5.02 Å². The summed E-state index contributed by atoms with van der Waals surface area (Å²) in [6, 6.07) is 14.8. The summed E-state index contributed by atoms with van der Waals surface area (Å²) < 4.78 is 61.8. The second-order valence-corrected chi connectivity index (χ2v) is 16.9. The first-order chi connectivity index (χ1) is 27.9. The molecule has 1 unspecified atom stereocenters. The largest absolute Gasteiger partial charge is 0.494 e. The number of imide groups is 1. The maximum absolute atomic E-state index is 14.9. The van der Waals surface area contributed by atoms with Gasteiger partial charge in [0.1, 0.15) is 10.8 Å². The maximum atomic E-state index is 14.9. The summed E-state index contributed by atoms with van der Waals surface area (Å²) in [4.78, 5) is 34.8. The highest BCUT2D eigenvalue weighted by Gasteiger charge is 2.32. The molecule has 0 radical (unpaired) electrons. The Morgan fingerprint density at radius 2 is 1.76 bits per heavy atom. The lowest BCUT2D eigenvalue weighted by Gasteiger charge is -2.34. The Bertz CT molecular complexity index is 2290. The Kier molecular flexibility index (Phi) is 12.6. The number of nitrogens with zero attached hydrogens (tertiary/aromatic N) is 4. The fourth-order valence-electron chi connectivity index (χ4n) is 7.71. The van der Waals surface area contributed by atoms with Gasteiger partial charge in [0.2, 0.25) is 27.8 Å². The standard InChI is InChI=1S/C40H46ClF2N9O5S/c1-57-33-22-27(7-10-31(33)48-40-46-23-30(41)38(50-40)47-32-5-3-4-25-13-21-52(37(25)32)58(2,55)56)51-19-14-26(15-20-51)45-18-17-44-16-12-24-6-8-28(36(43)35(24)42)29-9-11-34(53)49-39(29)54/h3-8,10,22-23,26,29,44-45H,9,11-21H2,1-2H3,(H,49,53,54)(H2,46,47,48,50). The molecule has 3 aliphatic rings. The first-order valence-electron chi connectivity index (χ1n) is 19.2. The van der Waals surface area contributed by atoms with Crippen molar-refractivity contribution in [1.29, 1.82) is 0 Å². The van der Waals surface area contributed by atoms with Gasteiger partial charge >= 0.3 is 0 Å². The lowest BCUT2D eigenvalue weighted by atomic mass is 9.89. The summed E-state index contributed by atoms with van der Waals surface area (Å²) in [7, 11) is -1.87. The number of hydrogen-bond acceptors (Lipinski definition) is 12. The van der Waals surface area contributed by atoms with E-state index in [0.717, 1.165) is 43.7 Å². The SMILES string of the molecule is COc1cc(N2CCC(NCCNCCc3ccc(C4CCC(=O)NC4=O)c(F)c3F)CC2)ccc1Nc1ncc(Cl)c(Nc2cccc3c2N(S(C)(=O)=O)CC3)n1. The number of piperidine rings is 2. The molecule has 2 saturated heterocycles. The number of carbonyl (C=O) groups is 2. The van der Waals surface area contributed by atoms with E-state index in [1.807, 2.05) is 30.3 Å². The monoisotopic (exact) mass is 837 g/mol. The van der Waals surface area contributed by atoms with Crippen molar-refractivity contribution in [2.75, 3.05) is 72.5 Å². The maximum Gasteiger partial charge on any atom is 0.234 e. The van der Waals surface area contributed by atoms with E-state index in [2.05, 4.69) is 41.5 Å². The molecular weight excluding hydrogens is 792 g/mol. The van der Waals surface area contributed by atoms with Crippen molar-refractivity contribution >= 4 is 68.0 Å². The smallest absolute Gasteiger partial charge is 0.234 e. The van der Waals surface area contributed by atoms with E-state index in [0.29, 0.717) is 67.1 Å². The number of anilines is 6. The van der Waals surface area contributed by atoms with Crippen molar-refractivity contribution in [1.82, 2.24) is 25.9 Å². The molecule has 0 saturated carbocycles. The van der Waals surface area contributed by atoms with Crippen molar-refractivity contribution in [3.63, 3.8) is 0 Å². The van der Waals surface area contributed by atoms with Crippen LogP contribution in [0, 0.1) is 11.6 Å². The zero-order valence-corrected chi connectivity index (χ0v) is 33.8. The van der Waals surface area contributed by atoms with E-state index in [9.17, 15) is 26.8 Å². The quantitative estimate of drug-likeness (QED) is 0.0792. The van der Waals surface area contributed by atoms with Crippen LogP contribution in [0.1, 0.15) is 48.3 Å². The van der Waals surface area contributed by atoms with Crippen molar-refractivity contribution in [2.24, 2.45) is 0 Å². The van der Waals surface area contributed by atoms with Crippen LogP contribution in [0.25, 0.3) is 0 Å². The molecule has 3 aromatic carbocycles. The zero-order valence-electron chi connectivity index (χ0n) is 32.2. The van der Waals surface area contributed by atoms with Crippen molar-refractivity contribution in [2.45, 2.75) is 50.5 Å². The molecule has 0 spiro atoms. The predicted molar refractivity (Wildman–Crippen MR) is 220 cm³/mol. The van der Waals surface area contributed by atoms with E-state index in [4.69, 9.17) is 16.3 Å². The van der Waals surface area contributed by atoms with E-state index in [1.54, 1.807) is 13.2 Å². The molecule has 1 atom stereocenters. The molecule has 58 heavy (non-hydrogen) atoms. The number of aromatic nitrogens is 2. The van der Waals surface area contributed by atoms with Gasteiger partial charge in [0, 0.05) is 62.5 Å². The zero-order chi connectivity index (χ0) is 41.0. The third-order valence-electron chi connectivity index (χ3n) is 10.8. The molecular formula is C40H46ClF2N9O5S. The van der Waals surface area contributed by atoms with Gasteiger partial charge in [0.25, 0.3) is 0 Å². The van der Waals surface area contributed by atoms with Crippen LogP contribution in [-0.4, -0.2) is 88.9 Å². The van der Waals surface area contributed by atoms with E-state index in [1.165, 1.54) is 28.9 Å². The number of benzene rings is 3. The average Bonchev–Trinajstić information content (AvgIpc) is 3.66. The van der Waals surface area contributed by atoms with Crippen LogP contribution < -0.4 is 40.5 Å². The molecule has 1 aromatic heterocycles. The van der Waals surface area contributed by atoms with Crippen LogP contribution in [0.5, 0.6) is 5.75 Å². The molecule has 2 fully saturated rings.